The summed E-state index contributed by atoms with van der Waals surface area (Å²) >= 11 is 6.15. The van der Waals surface area contributed by atoms with E-state index in [2.05, 4.69) is 17.6 Å². The second-order valence-corrected chi connectivity index (χ2v) is 5.59. The number of nitrogens with one attached hydrogen (secondary N) is 2. The molecule has 0 amide bonds. The van der Waals surface area contributed by atoms with Gasteiger partial charge < -0.3 is 15.4 Å². The maximum absolute atomic E-state index is 6.15. The van der Waals surface area contributed by atoms with Crippen molar-refractivity contribution in [2.75, 3.05) is 32.6 Å². The Morgan fingerprint density at radius 1 is 1.33 bits per heavy atom. The van der Waals surface area contributed by atoms with Gasteiger partial charge in [-0.2, -0.15) is 0 Å². The number of benzene rings is 1. The molecule has 1 saturated carbocycles. The molecule has 2 N–H and O–H groups in total. The van der Waals surface area contributed by atoms with Crippen LogP contribution in [0.4, 0.5) is 5.69 Å². The van der Waals surface area contributed by atoms with Gasteiger partial charge >= 0.3 is 0 Å². The number of halogens is 1. The lowest BCUT2D eigenvalue weighted by Crippen LogP contribution is -2.27. The number of methoxy groups -OCH3 is 1. The summed E-state index contributed by atoms with van der Waals surface area (Å²) in [5.74, 6) is 0.732. The van der Waals surface area contributed by atoms with Crippen LogP contribution in [0.1, 0.15) is 18.4 Å². The standard InChI is InChI=1S/C14H21ClN2O/c1-10-6-13(18-3)11(15)7-12(10)17-9-14(4-5-14)8-16-2/h6-7,16-17H,4-5,8-9H2,1-3H3. The molecule has 1 aromatic rings. The number of ether oxygens (including phenoxy) is 1. The SMILES string of the molecule is CNCC1(CNc2cc(Cl)c(OC)cc2C)CC1. The van der Waals surface area contributed by atoms with E-state index in [1.807, 2.05) is 19.2 Å². The van der Waals surface area contributed by atoms with Gasteiger partial charge in [-0.15, -0.1) is 0 Å². The molecule has 0 bridgehead atoms. The molecule has 18 heavy (non-hydrogen) atoms. The van der Waals surface area contributed by atoms with Crippen LogP contribution >= 0.6 is 11.6 Å². The first-order valence-corrected chi connectivity index (χ1v) is 6.71. The van der Waals surface area contributed by atoms with Crippen molar-refractivity contribution in [2.45, 2.75) is 19.8 Å². The van der Waals surface area contributed by atoms with E-state index in [0.717, 1.165) is 30.1 Å². The molecule has 0 atom stereocenters. The number of rotatable bonds is 6. The Bertz CT molecular complexity index is 430. The largest absolute Gasteiger partial charge is 0.495 e. The normalized spacial score (nSPS) is 16.4. The van der Waals surface area contributed by atoms with Gasteiger partial charge in [-0.25, -0.2) is 0 Å². The number of hydrogen-bond donors (Lipinski definition) is 2. The molecular weight excluding hydrogens is 248 g/mol. The number of hydrogen-bond acceptors (Lipinski definition) is 3. The molecule has 0 aromatic heterocycles. The molecule has 1 aliphatic rings. The topological polar surface area (TPSA) is 33.3 Å². The lowest BCUT2D eigenvalue weighted by atomic mass is 10.1. The summed E-state index contributed by atoms with van der Waals surface area (Å²) in [5, 5.41) is 7.43. The van der Waals surface area contributed by atoms with Crippen LogP contribution in [0, 0.1) is 12.3 Å². The van der Waals surface area contributed by atoms with Crippen LogP contribution in [0.2, 0.25) is 5.02 Å². The average molecular weight is 269 g/mol. The molecular formula is C14H21ClN2O. The van der Waals surface area contributed by atoms with E-state index in [9.17, 15) is 0 Å². The van der Waals surface area contributed by atoms with Gasteiger partial charge in [0.1, 0.15) is 5.75 Å². The molecule has 4 heteroatoms. The number of anilines is 1. The molecule has 3 nitrogen and oxygen atoms in total. The van der Waals surface area contributed by atoms with Gasteiger partial charge in [-0.1, -0.05) is 11.6 Å². The van der Waals surface area contributed by atoms with Gasteiger partial charge in [0.05, 0.1) is 12.1 Å². The van der Waals surface area contributed by atoms with Crippen molar-refractivity contribution in [1.29, 1.82) is 0 Å². The van der Waals surface area contributed by atoms with Gasteiger partial charge in [-0.3, -0.25) is 0 Å². The fourth-order valence-corrected chi connectivity index (χ4v) is 2.49. The fourth-order valence-electron chi connectivity index (χ4n) is 2.25. The first kappa shape index (κ1) is 13.5. The van der Waals surface area contributed by atoms with Crippen LogP contribution in [0.3, 0.4) is 0 Å². The van der Waals surface area contributed by atoms with Crippen LogP contribution in [0.15, 0.2) is 12.1 Å². The summed E-state index contributed by atoms with van der Waals surface area (Å²) in [5.41, 5.74) is 2.70. The summed E-state index contributed by atoms with van der Waals surface area (Å²) in [7, 11) is 3.65. The average Bonchev–Trinajstić information content (AvgIpc) is 3.10. The van der Waals surface area contributed by atoms with Crippen molar-refractivity contribution in [3.8, 4) is 5.75 Å². The Hall–Kier alpha value is -0.930. The van der Waals surface area contributed by atoms with E-state index < -0.39 is 0 Å². The molecule has 0 radical (unpaired) electrons. The summed E-state index contributed by atoms with van der Waals surface area (Å²) in [6, 6.07) is 3.92. The highest BCUT2D eigenvalue weighted by molar-refractivity contribution is 6.32. The molecule has 0 spiro atoms. The van der Waals surface area contributed by atoms with Crippen molar-refractivity contribution in [1.82, 2.24) is 5.32 Å². The first-order valence-electron chi connectivity index (χ1n) is 6.33. The van der Waals surface area contributed by atoms with E-state index in [4.69, 9.17) is 16.3 Å². The third kappa shape index (κ3) is 2.90. The zero-order chi connectivity index (χ0) is 13.2. The summed E-state index contributed by atoms with van der Waals surface area (Å²) < 4.78 is 5.21. The first-order chi connectivity index (χ1) is 8.60. The van der Waals surface area contributed by atoms with Crippen LogP contribution in [0.25, 0.3) is 0 Å². The third-order valence-corrected chi connectivity index (χ3v) is 3.96. The molecule has 0 unspecified atom stereocenters. The molecule has 0 saturated heterocycles. The zero-order valence-electron chi connectivity index (χ0n) is 11.3. The van der Waals surface area contributed by atoms with Crippen molar-refractivity contribution < 1.29 is 4.74 Å². The predicted molar refractivity (Wildman–Crippen MR) is 76.8 cm³/mol. The van der Waals surface area contributed by atoms with E-state index in [1.165, 1.54) is 12.8 Å². The Balaban J connectivity index is 2.03. The predicted octanol–water partition coefficient (Wildman–Crippen LogP) is 3.07. The van der Waals surface area contributed by atoms with Gasteiger partial charge in [0.15, 0.2) is 0 Å². The van der Waals surface area contributed by atoms with Crippen molar-refractivity contribution in [3.63, 3.8) is 0 Å². The maximum atomic E-state index is 6.15. The van der Waals surface area contributed by atoms with Crippen LogP contribution in [-0.4, -0.2) is 27.2 Å². The summed E-state index contributed by atoms with van der Waals surface area (Å²) in [4.78, 5) is 0. The molecule has 2 rings (SSSR count). The van der Waals surface area contributed by atoms with E-state index >= 15 is 0 Å². The van der Waals surface area contributed by atoms with Crippen molar-refractivity contribution >= 4 is 17.3 Å². The highest BCUT2D eigenvalue weighted by atomic mass is 35.5. The smallest absolute Gasteiger partial charge is 0.137 e. The van der Waals surface area contributed by atoms with Gasteiger partial charge in [-0.05, 0) is 44.5 Å². The van der Waals surface area contributed by atoms with Gasteiger partial charge in [0.25, 0.3) is 0 Å². The van der Waals surface area contributed by atoms with E-state index in [0.29, 0.717) is 10.4 Å². The summed E-state index contributed by atoms with van der Waals surface area (Å²) in [6.45, 7) is 4.14. The fraction of sp³-hybridized carbons (Fsp3) is 0.571. The minimum Gasteiger partial charge on any atom is -0.495 e. The van der Waals surface area contributed by atoms with Crippen LogP contribution in [0.5, 0.6) is 5.75 Å². The molecule has 1 fully saturated rings. The lowest BCUT2D eigenvalue weighted by molar-refractivity contribution is 0.415. The lowest BCUT2D eigenvalue weighted by Gasteiger charge is -2.18. The Kier molecular flexibility index (Phi) is 4.03. The second kappa shape index (κ2) is 5.37. The van der Waals surface area contributed by atoms with Crippen molar-refractivity contribution in [3.05, 3.63) is 22.7 Å². The molecule has 0 heterocycles. The monoisotopic (exact) mass is 268 g/mol. The third-order valence-electron chi connectivity index (χ3n) is 3.66. The Labute approximate surface area is 114 Å². The van der Waals surface area contributed by atoms with Gasteiger partial charge in [0, 0.05) is 24.2 Å². The number of aryl methyl sites for hydroxylation is 1. The minimum atomic E-state index is 0.438. The molecule has 100 valence electrons. The van der Waals surface area contributed by atoms with E-state index in [1.54, 1.807) is 7.11 Å². The Morgan fingerprint density at radius 2 is 2.06 bits per heavy atom. The zero-order valence-corrected chi connectivity index (χ0v) is 12.0. The van der Waals surface area contributed by atoms with E-state index in [-0.39, 0.29) is 0 Å². The highest BCUT2D eigenvalue weighted by Gasteiger charge is 2.41. The quantitative estimate of drug-likeness (QED) is 0.832. The Morgan fingerprint density at radius 3 is 2.61 bits per heavy atom. The van der Waals surface area contributed by atoms with Crippen molar-refractivity contribution in [2.24, 2.45) is 5.41 Å². The van der Waals surface area contributed by atoms with Gasteiger partial charge in [0.2, 0.25) is 0 Å². The van der Waals surface area contributed by atoms with Crippen LogP contribution < -0.4 is 15.4 Å². The molecule has 1 aliphatic carbocycles. The van der Waals surface area contributed by atoms with Crippen LogP contribution in [-0.2, 0) is 0 Å². The minimum absolute atomic E-state index is 0.438. The molecule has 1 aromatic carbocycles. The highest BCUT2D eigenvalue weighted by Crippen LogP contribution is 2.45. The second-order valence-electron chi connectivity index (χ2n) is 5.19. The maximum Gasteiger partial charge on any atom is 0.137 e. The summed E-state index contributed by atoms with van der Waals surface area (Å²) in [6.07, 6.45) is 2.59. The molecule has 0 aliphatic heterocycles.